The summed E-state index contributed by atoms with van der Waals surface area (Å²) in [6.07, 6.45) is 0. The third-order valence-corrected chi connectivity index (χ3v) is 3.41. The summed E-state index contributed by atoms with van der Waals surface area (Å²) >= 11 is 3.14. The maximum absolute atomic E-state index is 11.9. The minimum Gasteiger partial charge on any atom is -0.478 e. The summed E-state index contributed by atoms with van der Waals surface area (Å²) in [4.78, 5) is 46.4. The predicted molar refractivity (Wildman–Crippen MR) is 74.8 cm³/mol. The fourth-order valence-corrected chi connectivity index (χ4v) is 2.23. The molecule has 2 rings (SSSR count). The first-order valence-electron chi connectivity index (χ1n) is 5.80. The number of aromatic carboxylic acids is 1. The molecule has 1 aromatic carbocycles. The fourth-order valence-electron chi connectivity index (χ4n) is 1.77. The van der Waals surface area contributed by atoms with Crippen LogP contribution in [-0.2, 0) is 9.59 Å². The van der Waals surface area contributed by atoms with Crippen molar-refractivity contribution >= 4 is 45.4 Å². The number of carbonyl (C=O) groups is 4. The van der Waals surface area contributed by atoms with Crippen LogP contribution in [0.15, 0.2) is 22.7 Å². The molecule has 0 saturated carbocycles. The summed E-state index contributed by atoms with van der Waals surface area (Å²) in [5, 5.41) is 13.7. The molecule has 110 valence electrons. The number of para-hydroxylation sites is 1. The number of benzene rings is 1. The Morgan fingerprint density at radius 3 is 2.67 bits per heavy atom. The number of carboxylic acid groups (broad SMARTS) is 1. The van der Waals surface area contributed by atoms with E-state index in [1.54, 1.807) is 6.07 Å². The number of nitrogens with zero attached hydrogens (tertiary/aromatic N) is 1. The molecule has 21 heavy (non-hydrogen) atoms. The molecule has 0 unspecified atom stereocenters. The van der Waals surface area contributed by atoms with Gasteiger partial charge in [0, 0.05) is 4.47 Å². The molecule has 1 fully saturated rings. The molecule has 0 spiro atoms. The molecule has 1 aliphatic heterocycles. The van der Waals surface area contributed by atoms with Crippen LogP contribution in [0.3, 0.4) is 0 Å². The number of rotatable bonds is 4. The topological polar surface area (TPSA) is 116 Å². The number of hydrogen-bond donors (Lipinski definition) is 3. The van der Waals surface area contributed by atoms with Crippen LogP contribution in [0.25, 0.3) is 0 Å². The van der Waals surface area contributed by atoms with Crippen LogP contribution in [0.4, 0.5) is 10.5 Å². The van der Waals surface area contributed by atoms with Crippen LogP contribution in [0.5, 0.6) is 0 Å². The number of halogens is 1. The van der Waals surface area contributed by atoms with Crippen molar-refractivity contribution in [2.75, 3.05) is 18.4 Å². The van der Waals surface area contributed by atoms with Crippen molar-refractivity contribution in [3.05, 3.63) is 28.2 Å². The van der Waals surface area contributed by atoms with Gasteiger partial charge < -0.3 is 15.7 Å². The molecule has 4 amide bonds. The highest BCUT2D eigenvalue weighted by Gasteiger charge is 2.30. The molecular formula is C12H10BrN3O5. The van der Waals surface area contributed by atoms with Gasteiger partial charge in [-0.3, -0.25) is 14.5 Å². The average molecular weight is 356 g/mol. The van der Waals surface area contributed by atoms with E-state index in [2.05, 4.69) is 26.6 Å². The highest BCUT2D eigenvalue weighted by Crippen LogP contribution is 2.26. The zero-order valence-electron chi connectivity index (χ0n) is 10.6. The van der Waals surface area contributed by atoms with Crippen molar-refractivity contribution in [1.82, 2.24) is 10.2 Å². The molecule has 1 aliphatic rings. The Kier molecular flexibility index (Phi) is 4.22. The molecule has 9 heteroatoms. The van der Waals surface area contributed by atoms with Crippen molar-refractivity contribution in [2.45, 2.75) is 0 Å². The number of hydrogen-bond acceptors (Lipinski definition) is 4. The second kappa shape index (κ2) is 5.92. The third kappa shape index (κ3) is 3.19. The first-order chi connectivity index (χ1) is 9.90. The zero-order valence-corrected chi connectivity index (χ0v) is 12.1. The summed E-state index contributed by atoms with van der Waals surface area (Å²) in [7, 11) is 0. The van der Waals surface area contributed by atoms with E-state index < -0.39 is 30.4 Å². The van der Waals surface area contributed by atoms with Crippen molar-refractivity contribution in [2.24, 2.45) is 0 Å². The van der Waals surface area contributed by atoms with Crippen LogP contribution in [0.1, 0.15) is 10.4 Å². The van der Waals surface area contributed by atoms with Gasteiger partial charge in [-0.2, -0.15) is 0 Å². The van der Waals surface area contributed by atoms with E-state index >= 15 is 0 Å². The lowest BCUT2D eigenvalue weighted by atomic mass is 10.2. The quantitative estimate of drug-likeness (QED) is 0.685. The molecule has 3 N–H and O–H groups in total. The Morgan fingerprint density at radius 1 is 1.38 bits per heavy atom. The first kappa shape index (κ1) is 15.0. The molecule has 0 atom stereocenters. The third-order valence-electron chi connectivity index (χ3n) is 2.75. The Hall–Kier alpha value is -2.42. The van der Waals surface area contributed by atoms with E-state index in [9.17, 15) is 19.2 Å². The lowest BCUT2D eigenvalue weighted by Crippen LogP contribution is -2.38. The van der Waals surface area contributed by atoms with Crippen molar-refractivity contribution in [3.63, 3.8) is 0 Å². The minimum atomic E-state index is -1.21. The molecule has 0 radical (unpaired) electrons. The van der Waals surface area contributed by atoms with E-state index in [-0.39, 0.29) is 17.8 Å². The summed E-state index contributed by atoms with van der Waals surface area (Å²) in [5.74, 6) is -2.39. The summed E-state index contributed by atoms with van der Waals surface area (Å²) in [6, 6.07) is 3.76. The maximum Gasteiger partial charge on any atom is 0.337 e. The number of urea groups is 1. The van der Waals surface area contributed by atoms with Crippen molar-refractivity contribution in [1.29, 1.82) is 0 Å². The highest BCUT2D eigenvalue weighted by atomic mass is 79.9. The van der Waals surface area contributed by atoms with E-state index in [1.165, 1.54) is 12.1 Å². The maximum atomic E-state index is 11.9. The van der Waals surface area contributed by atoms with Crippen LogP contribution in [0.2, 0.25) is 0 Å². The molecule has 0 bridgehead atoms. The molecular weight excluding hydrogens is 346 g/mol. The van der Waals surface area contributed by atoms with Gasteiger partial charge in [0.1, 0.15) is 6.54 Å². The summed E-state index contributed by atoms with van der Waals surface area (Å²) < 4.78 is 0.382. The van der Waals surface area contributed by atoms with E-state index in [0.717, 1.165) is 4.90 Å². The van der Waals surface area contributed by atoms with Crippen LogP contribution in [-0.4, -0.2) is 46.9 Å². The average Bonchev–Trinajstić information content (AvgIpc) is 2.72. The Morgan fingerprint density at radius 2 is 2.10 bits per heavy atom. The van der Waals surface area contributed by atoms with Gasteiger partial charge in [0.15, 0.2) is 0 Å². The summed E-state index contributed by atoms with van der Waals surface area (Å²) in [6.45, 7) is -0.632. The van der Waals surface area contributed by atoms with Gasteiger partial charge >= 0.3 is 12.0 Å². The number of carbonyl (C=O) groups excluding carboxylic acids is 3. The summed E-state index contributed by atoms with van der Waals surface area (Å²) in [5.41, 5.74) is -0.0306. The lowest BCUT2D eigenvalue weighted by molar-refractivity contribution is -0.128. The van der Waals surface area contributed by atoms with Gasteiger partial charge in [0.05, 0.1) is 17.8 Å². The molecule has 0 aliphatic carbocycles. The SMILES string of the molecule is O=C(CN1C(=O)CNC1=O)Nc1c(Br)cccc1C(=O)O. The number of carboxylic acids is 1. The van der Waals surface area contributed by atoms with Gasteiger partial charge in [-0.25, -0.2) is 9.59 Å². The number of imide groups is 1. The highest BCUT2D eigenvalue weighted by molar-refractivity contribution is 9.10. The van der Waals surface area contributed by atoms with E-state index in [4.69, 9.17) is 5.11 Å². The van der Waals surface area contributed by atoms with Gasteiger partial charge in [0.2, 0.25) is 5.91 Å². The fraction of sp³-hybridized carbons (Fsp3) is 0.167. The smallest absolute Gasteiger partial charge is 0.337 e. The normalized spacial score (nSPS) is 14.0. The largest absolute Gasteiger partial charge is 0.478 e. The van der Waals surface area contributed by atoms with E-state index in [0.29, 0.717) is 4.47 Å². The number of amides is 4. The van der Waals surface area contributed by atoms with Crippen LogP contribution in [0, 0.1) is 0 Å². The Balaban J connectivity index is 2.15. The van der Waals surface area contributed by atoms with Gasteiger partial charge in [-0.05, 0) is 28.1 Å². The minimum absolute atomic E-state index is 0.0713. The molecule has 0 aromatic heterocycles. The number of nitrogens with one attached hydrogen (secondary N) is 2. The molecule has 8 nitrogen and oxygen atoms in total. The van der Waals surface area contributed by atoms with Crippen molar-refractivity contribution in [3.8, 4) is 0 Å². The predicted octanol–water partition coefficient (Wildman–Crippen LogP) is 0.638. The Bertz CT molecular complexity index is 630. The van der Waals surface area contributed by atoms with E-state index in [1.807, 2.05) is 0 Å². The monoisotopic (exact) mass is 355 g/mol. The van der Waals surface area contributed by atoms with Crippen molar-refractivity contribution < 1.29 is 24.3 Å². The van der Waals surface area contributed by atoms with Crippen LogP contribution >= 0.6 is 15.9 Å². The molecule has 1 heterocycles. The lowest BCUT2D eigenvalue weighted by Gasteiger charge is -2.14. The Labute approximate surface area is 127 Å². The molecule has 1 aromatic rings. The molecule has 1 saturated heterocycles. The zero-order chi connectivity index (χ0) is 15.6. The van der Waals surface area contributed by atoms with Gasteiger partial charge in [0.25, 0.3) is 5.91 Å². The van der Waals surface area contributed by atoms with Gasteiger partial charge in [-0.1, -0.05) is 6.07 Å². The second-order valence-electron chi connectivity index (χ2n) is 4.15. The standard InChI is InChI=1S/C12H10BrN3O5/c13-7-3-1-2-6(11(19)20)10(7)15-8(17)5-16-9(18)4-14-12(16)21/h1-3H,4-5H2,(H,14,21)(H,15,17)(H,19,20). The first-order valence-corrected chi connectivity index (χ1v) is 6.59. The van der Waals surface area contributed by atoms with Crippen LogP contribution < -0.4 is 10.6 Å². The van der Waals surface area contributed by atoms with Gasteiger partial charge in [-0.15, -0.1) is 0 Å². The second-order valence-corrected chi connectivity index (χ2v) is 5.01. The number of anilines is 1.